The predicted molar refractivity (Wildman–Crippen MR) is 106 cm³/mol. The van der Waals surface area contributed by atoms with Gasteiger partial charge in [-0.15, -0.1) is 0 Å². The number of thioether (sulfide) groups is 1. The maximum Gasteiger partial charge on any atom is 0.266 e. The minimum atomic E-state index is -0.383. The largest absolute Gasteiger partial charge is 0.455 e. The molecule has 5 heteroatoms. The van der Waals surface area contributed by atoms with Gasteiger partial charge in [0.15, 0.2) is 5.09 Å². The molecule has 0 aliphatic heterocycles. The minimum Gasteiger partial charge on any atom is -0.455 e. The molecule has 26 heavy (non-hydrogen) atoms. The van der Waals surface area contributed by atoms with Gasteiger partial charge in [-0.2, -0.15) is 5.26 Å². The summed E-state index contributed by atoms with van der Waals surface area (Å²) in [6.45, 7) is 7.95. The van der Waals surface area contributed by atoms with Gasteiger partial charge in [0.2, 0.25) is 0 Å². The molecule has 0 atom stereocenters. The molecule has 2 heterocycles. The van der Waals surface area contributed by atoms with Crippen molar-refractivity contribution in [1.29, 1.82) is 5.26 Å². The van der Waals surface area contributed by atoms with Crippen molar-refractivity contribution in [3.63, 3.8) is 0 Å². The first-order chi connectivity index (χ1) is 12.4. The van der Waals surface area contributed by atoms with E-state index < -0.39 is 0 Å². The molecule has 1 N–H and O–H groups in total. The maximum atomic E-state index is 12.6. The van der Waals surface area contributed by atoms with E-state index in [1.807, 2.05) is 58.0 Å². The summed E-state index contributed by atoms with van der Waals surface area (Å²) < 4.78 is 5.78. The molecular formula is C21H20N2O2S. The molecule has 0 saturated heterocycles. The lowest BCUT2D eigenvalue weighted by Crippen LogP contribution is -2.13. The molecule has 0 fully saturated rings. The second kappa shape index (κ2) is 7.27. The number of nitrogens with one attached hydrogen (secondary N) is 1. The highest BCUT2D eigenvalue weighted by Gasteiger charge is 2.19. The zero-order valence-corrected chi connectivity index (χ0v) is 16.1. The molecule has 2 aromatic heterocycles. The molecular weight excluding hydrogens is 344 g/mol. The van der Waals surface area contributed by atoms with Gasteiger partial charge in [0.25, 0.3) is 5.56 Å². The smallest absolute Gasteiger partial charge is 0.266 e. The van der Waals surface area contributed by atoms with Gasteiger partial charge in [-0.05, 0) is 44.2 Å². The number of nitrogens with zero attached hydrogens (tertiary/aromatic N) is 1. The summed E-state index contributed by atoms with van der Waals surface area (Å²) in [6.07, 6.45) is 0. The van der Waals surface area contributed by atoms with Crippen molar-refractivity contribution in [2.75, 3.05) is 5.75 Å². The average molecular weight is 364 g/mol. The third-order valence-corrected chi connectivity index (χ3v) is 5.06. The molecule has 0 unspecified atom stereocenters. The molecule has 4 nitrogen and oxygen atoms in total. The summed E-state index contributed by atoms with van der Waals surface area (Å²) in [6, 6.07) is 11.9. The zero-order chi connectivity index (χ0) is 18.8. The van der Waals surface area contributed by atoms with E-state index in [4.69, 9.17) is 4.42 Å². The second-order valence-electron chi connectivity index (χ2n) is 6.22. The Morgan fingerprint density at radius 1 is 1.12 bits per heavy atom. The van der Waals surface area contributed by atoms with Crippen LogP contribution >= 0.6 is 11.8 Å². The van der Waals surface area contributed by atoms with Crippen LogP contribution in [-0.2, 0) is 0 Å². The normalized spacial score (nSPS) is 10.7. The van der Waals surface area contributed by atoms with E-state index in [0.29, 0.717) is 11.3 Å². The van der Waals surface area contributed by atoms with E-state index in [-0.39, 0.29) is 11.1 Å². The quantitative estimate of drug-likeness (QED) is 0.645. The fourth-order valence-corrected chi connectivity index (χ4v) is 3.84. The Morgan fingerprint density at radius 3 is 2.54 bits per heavy atom. The topological polar surface area (TPSA) is 69.8 Å². The van der Waals surface area contributed by atoms with Crippen molar-refractivity contribution in [2.24, 2.45) is 0 Å². The first-order valence-corrected chi connectivity index (χ1v) is 9.41. The van der Waals surface area contributed by atoms with E-state index in [9.17, 15) is 10.1 Å². The second-order valence-corrected chi connectivity index (χ2v) is 7.46. The number of aromatic amines is 1. The summed E-state index contributed by atoms with van der Waals surface area (Å²) in [4.78, 5) is 15.4. The van der Waals surface area contributed by atoms with Crippen LogP contribution in [0, 0.1) is 32.1 Å². The number of hydrogen-bond donors (Lipinski definition) is 1. The lowest BCUT2D eigenvalue weighted by molar-refractivity contribution is 0.450. The van der Waals surface area contributed by atoms with Crippen LogP contribution in [-0.4, -0.2) is 10.7 Å². The lowest BCUT2D eigenvalue weighted by Gasteiger charge is -2.10. The van der Waals surface area contributed by atoms with Crippen LogP contribution in [0.15, 0.2) is 44.6 Å². The first kappa shape index (κ1) is 18.1. The Hall–Kier alpha value is -2.71. The summed E-state index contributed by atoms with van der Waals surface area (Å²) in [5, 5.41) is 10.3. The van der Waals surface area contributed by atoms with Crippen LogP contribution < -0.4 is 5.56 Å². The molecule has 3 aromatic rings. The summed E-state index contributed by atoms with van der Waals surface area (Å²) >= 11 is 1.56. The van der Waals surface area contributed by atoms with Crippen molar-refractivity contribution in [1.82, 2.24) is 4.98 Å². The van der Waals surface area contributed by atoms with E-state index in [2.05, 4.69) is 11.1 Å². The van der Waals surface area contributed by atoms with E-state index in [1.54, 1.807) is 11.8 Å². The highest BCUT2D eigenvalue weighted by atomic mass is 32.2. The van der Waals surface area contributed by atoms with Gasteiger partial charge in [-0.25, -0.2) is 0 Å². The van der Waals surface area contributed by atoms with Crippen LogP contribution in [0.4, 0.5) is 0 Å². The van der Waals surface area contributed by atoms with Crippen molar-refractivity contribution in [3.05, 3.63) is 63.1 Å². The van der Waals surface area contributed by atoms with E-state index >= 15 is 0 Å². The van der Waals surface area contributed by atoms with Crippen molar-refractivity contribution < 1.29 is 4.42 Å². The highest BCUT2D eigenvalue weighted by molar-refractivity contribution is 7.99. The van der Waals surface area contributed by atoms with Crippen LogP contribution in [0.2, 0.25) is 0 Å². The summed E-state index contributed by atoms with van der Waals surface area (Å²) in [7, 11) is 0. The molecule has 132 valence electrons. The predicted octanol–water partition coefficient (Wildman–Crippen LogP) is 5.21. The lowest BCUT2D eigenvalue weighted by atomic mass is 9.98. The van der Waals surface area contributed by atoms with Gasteiger partial charge in [-0.3, -0.25) is 4.79 Å². The van der Waals surface area contributed by atoms with Gasteiger partial charge in [-0.1, -0.05) is 42.4 Å². The molecule has 0 amide bonds. The number of aryl methyl sites for hydroxylation is 3. The number of pyridine rings is 1. The van der Waals surface area contributed by atoms with Crippen LogP contribution in [0.1, 0.15) is 29.4 Å². The SMILES string of the molecule is CCSc1oc(C)cc1-c1cc(-c2ccc(C)cc2C)[nH]c(=O)c1C#N. The van der Waals surface area contributed by atoms with Crippen molar-refractivity contribution in [2.45, 2.75) is 32.8 Å². The number of hydrogen-bond acceptors (Lipinski definition) is 4. The number of rotatable bonds is 4. The van der Waals surface area contributed by atoms with Crippen molar-refractivity contribution in [3.8, 4) is 28.5 Å². The Kier molecular flexibility index (Phi) is 5.06. The van der Waals surface area contributed by atoms with Gasteiger partial charge >= 0.3 is 0 Å². The third kappa shape index (κ3) is 3.33. The molecule has 0 spiro atoms. The standard InChI is InChI=1S/C21H20N2O2S/c1-5-26-21-17(9-14(4)25-21)16-10-19(23-20(24)18(16)11-22)15-7-6-12(2)8-13(15)3/h6-10H,5H2,1-4H3,(H,23,24). The fourth-order valence-electron chi connectivity index (χ4n) is 3.06. The highest BCUT2D eigenvalue weighted by Crippen LogP contribution is 2.36. The molecule has 0 bridgehead atoms. The number of benzene rings is 1. The molecule has 0 radical (unpaired) electrons. The van der Waals surface area contributed by atoms with Crippen molar-refractivity contribution >= 4 is 11.8 Å². The van der Waals surface area contributed by atoms with Gasteiger partial charge in [0.05, 0.1) is 0 Å². The number of furan rings is 1. The summed E-state index contributed by atoms with van der Waals surface area (Å²) in [5.74, 6) is 1.60. The zero-order valence-electron chi connectivity index (χ0n) is 15.3. The van der Waals surface area contributed by atoms with Gasteiger partial charge in [0.1, 0.15) is 17.4 Å². The minimum absolute atomic E-state index is 0.109. The van der Waals surface area contributed by atoms with Crippen LogP contribution in [0.3, 0.4) is 0 Å². The Morgan fingerprint density at radius 2 is 1.88 bits per heavy atom. The number of nitriles is 1. The average Bonchev–Trinajstić information content (AvgIpc) is 2.95. The van der Waals surface area contributed by atoms with Gasteiger partial charge in [0, 0.05) is 22.4 Å². The van der Waals surface area contributed by atoms with E-state index in [0.717, 1.165) is 38.9 Å². The van der Waals surface area contributed by atoms with Gasteiger partial charge < -0.3 is 9.40 Å². The van der Waals surface area contributed by atoms with Crippen LogP contribution in [0.5, 0.6) is 0 Å². The Labute approximate surface area is 156 Å². The van der Waals surface area contributed by atoms with E-state index in [1.165, 1.54) is 0 Å². The molecule has 1 aromatic carbocycles. The molecule has 3 rings (SSSR count). The van der Waals surface area contributed by atoms with Crippen LogP contribution in [0.25, 0.3) is 22.4 Å². The Bertz CT molecular complexity index is 1070. The number of aromatic nitrogens is 1. The fraction of sp³-hybridized carbons (Fsp3) is 0.238. The molecule has 0 saturated carbocycles. The molecule has 0 aliphatic carbocycles. The first-order valence-electron chi connectivity index (χ1n) is 8.43. The molecule has 0 aliphatic rings. The third-order valence-electron chi connectivity index (χ3n) is 4.20. The Balaban J connectivity index is 2.28. The monoisotopic (exact) mass is 364 g/mol. The maximum absolute atomic E-state index is 12.6. The summed E-state index contributed by atoms with van der Waals surface area (Å²) in [5.41, 5.74) is 5.01. The number of H-pyrrole nitrogens is 1.